The highest BCUT2D eigenvalue weighted by Crippen LogP contribution is 2.19. The van der Waals surface area contributed by atoms with Gasteiger partial charge in [0.1, 0.15) is 5.75 Å². The van der Waals surface area contributed by atoms with Crippen LogP contribution in [0, 0.1) is 0 Å². The molecular weight excluding hydrogens is 200 g/mol. The second-order valence-electron chi connectivity index (χ2n) is 4.14. The molecule has 0 aromatic heterocycles. The number of nitrogens with zero attached hydrogens (tertiary/aromatic N) is 1. The first-order valence-electron chi connectivity index (χ1n) is 5.94. The van der Waals surface area contributed by atoms with Gasteiger partial charge in [-0.15, -0.1) is 0 Å². The molecular formula is C13H22N2O. The van der Waals surface area contributed by atoms with E-state index in [2.05, 4.69) is 11.9 Å². The number of hydrogen-bond donors (Lipinski definition) is 2. The molecule has 1 aromatic rings. The van der Waals surface area contributed by atoms with Gasteiger partial charge in [0.2, 0.25) is 0 Å². The summed E-state index contributed by atoms with van der Waals surface area (Å²) in [5, 5.41) is 9.36. The predicted molar refractivity (Wildman–Crippen MR) is 68.9 cm³/mol. The molecule has 0 amide bonds. The molecule has 3 heteroatoms. The first kappa shape index (κ1) is 12.8. The van der Waals surface area contributed by atoms with E-state index in [9.17, 15) is 5.11 Å². The van der Waals surface area contributed by atoms with Crippen LogP contribution in [0.25, 0.3) is 0 Å². The van der Waals surface area contributed by atoms with Gasteiger partial charge in [-0.25, -0.2) is 0 Å². The zero-order valence-corrected chi connectivity index (χ0v) is 10.0. The summed E-state index contributed by atoms with van der Waals surface area (Å²) in [5.74, 6) is 0.326. The van der Waals surface area contributed by atoms with Crippen LogP contribution in [0.2, 0.25) is 0 Å². The summed E-state index contributed by atoms with van der Waals surface area (Å²) in [4.78, 5) is 2.17. The number of phenols is 1. The second kappa shape index (κ2) is 7.12. The molecule has 90 valence electrons. The molecule has 0 bridgehead atoms. The fraction of sp³-hybridized carbons (Fsp3) is 0.538. The van der Waals surface area contributed by atoms with E-state index in [0.717, 1.165) is 25.2 Å². The van der Waals surface area contributed by atoms with Gasteiger partial charge in [0, 0.05) is 25.3 Å². The Bertz CT molecular complexity index is 302. The lowest BCUT2D eigenvalue weighted by molar-refractivity contribution is 0.475. The number of nitrogens with two attached hydrogens (primary N) is 1. The van der Waals surface area contributed by atoms with E-state index >= 15 is 0 Å². The average molecular weight is 222 g/mol. The third kappa shape index (κ3) is 4.53. The van der Waals surface area contributed by atoms with Crippen molar-refractivity contribution in [1.82, 2.24) is 0 Å². The fourth-order valence-corrected chi connectivity index (χ4v) is 1.71. The number of aromatic hydroxyl groups is 1. The van der Waals surface area contributed by atoms with Crippen LogP contribution in [0.3, 0.4) is 0 Å². The first-order chi connectivity index (χ1) is 7.74. The van der Waals surface area contributed by atoms with Crippen molar-refractivity contribution in [3.8, 4) is 5.75 Å². The largest absolute Gasteiger partial charge is 0.508 e. The number of rotatable bonds is 7. The van der Waals surface area contributed by atoms with Crippen molar-refractivity contribution in [2.75, 3.05) is 25.0 Å². The molecule has 0 fully saturated rings. The molecule has 0 heterocycles. The quantitative estimate of drug-likeness (QED) is 0.696. The Hall–Kier alpha value is -1.22. The van der Waals surface area contributed by atoms with E-state index in [1.165, 1.54) is 19.3 Å². The van der Waals surface area contributed by atoms with Gasteiger partial charge in [-0.05, 0) is 31.5 Å². The number of hydrogen-bond acceptors (Lipinski definition) is 3. The molecule has 0 spiro atoms. The van der Waals surface area contributed by atoms with Crippen molar-refractivity contribution in [3.63, 3.8) is 0 Å². The van der Waals surface area contributed by atoms with Gasteiger partial charge in [0.15, 0.2) is 0 Å². The van der Waals surface area contributed by atoms with Crippen LogP contribution in [-0.4, -0.2) is 25.2 Å². The molecule has 1 aromatic carbocycles. The summed E-state index contributed by atoms with van der Waals surface area (Å²) in [7, 11) is 2.05. The minimum absolute atomic E-state index is 0.326. The fourth-order valence-electron chi connectivity index (χ4n) is 1.71. The zero-order valence-electron chi connectivity index (χ0n) is 10.0. The highest BCUT2D eigenvalue weighted by atomic mass is 16.3. The number of anilines is 1. The maximum Gasteiger partial charge on any atom is 0.117 e. The molecule has 0 aliphatic rings. The predicted octanol–water partition coefficient (Wildman–Crippen LogP) is 2.35. The van der Waals surface area contributed by atoms with E-state index < -0.39 is 0 Å². The third-order valence-electron chi connectivity index (χ3n) is 2.72. The minimum atomic E-state index is 0.326. The Labute approximate surface area is 97.9 Å². The van der Waals surface area contributed by atoms with Gasteiger partial charge >= 0.3 is 0 Å². The lowest BCUT2D eigenvalue weighted by atomic mass is 10.2. The Balaban J connectivity index is 2.27. The summed E-state index contributed by atoms with van der Waals surface area (Å²) in [5.41, 5.74) is 6.51. The van der Waals surface area contributed by atoms with Crippen LogP contribution in [0.15, 0.2) is 24.3 Å². The van der Waals surface area contributed by atoms with E-state index in [1.54, 1.807) is 12.1 Å². The zero-order chi connectivity index (χ0) is 11.8. The SMILES string of the molecule is CN(CCCCCCN)c1cccc(O)c1. The van der Waals surface area contributed by atoms with Gasteiger partial charge in [-0.2, -0.15) is 0 Å². The summed E-state index contributed by atoms with van der Waals surface area (Å²) in [6, 6.07) is 7.37. The van der Waals surface area contributed by atoms with E-state index in [4.69, 9.17) is 5.73 Å². The number of phenolic OH excluding ortho intramolecular Hbond substituents is 1. The lowest BCUT2D eigenvalue weighted by Gasteiger charge is -2.19. The van der Waals surface area contributed by atoms with Crippen LogP contribution in [0.5, 0.6) is 5.75 Å². The van der Waals surface area contributed by atoms with Crippen molar-refractivity contribution in [1.29, 1.82) is 0 Å². The molecule has 0 aliphatic carbocycles. The van der Waals surface area contributed by atoms with Gasteiger partial charge in [0.05, 0.1) is 0 Å². The van der Waals surface area contributed by atoms with Crippen LogP contribution in [0.4, 0.5) is 5.69 Å². The number of benzene rings is 1. The molecule has 0 aliphatic heterocycles. The molecule has 16 heavy (non-hydrogen) atoms. The van der Waals surface area contributed by atoms with Gasteiger partial charge in [-0.3, -0.25) is 0 Å². The second-order valence-corrected chi connectivity index (χ2v) is 4.14. The number of unbranched alkanes of at least 4 members (excludes halogenated alkanes) is 3. The molecule has 0 radical (unpaired) electrons. The summed E-state index contributed by atoms with van der Waals surface area (Å²) in [6.45, 7) is 1.82. The highest BCUT2D eigenvalue weighted by Gasteiger charge is 2.00. The third-order valence-corrected chi connectivity index (χ3v) is 2.72. The Kier molecular flexibility index (Phi) is 5.72. The van der Waals surface area contributed by atoms with Crippen LogP contribution in [0.1, 0.15) is 25.7 Å². The molecule has 3 nitrogen and oxygen atoms in total. The highest BCUT2D eigenvalue weighted by molar-refractivity contribution is 5.49. The van der Waals surface area contributed by atoms with Crippen molar-refractivity contribution < 1.29 is 5.11 Å². The van der Waals surface area contributed by atoms with Crippen molar-refractivity contribution >= 4 is 5.69 Å². The van der Waals surface area contributed by atoms with E-state index in [-0.39, 0.29) is 0 Å². The van der Waals surface area contributed by atoms with Crippen molar-refractivity contribution in [2.24, 2.45) is 5.73 Å². The first-order valence-corrected chi connectivity index (χ1v) is 5.94. The average Bonchev–Trinajstić information content (AvgIpc) is 2.28. The molecule has 3 N–H and O–H groups in total. The van der Waals surface area contributed by atoms with Crippen LogP contribution >= 0.6 is 0 Å². The van der Waals surface area contributed by atoms with Gasteiger partial charge in [0.25, 0.3) is 0 Å². The Morgan fingerprint density at radius 2 is 1.94 bits per heavy atom. The lowest BCUT2D eigenvalue weighted by Crippen LogP contribution is -2.18. The normalized spacial score (nSPS) is 10.4. The molecule has 0 unspecified atom stereocenters. The topological polar surface area (TPSA) is 49.5 Å². The van der Waals surface area contributed by atoms with Crippen LogP contribution in [-0.2, 0) is 0 Å². The summed E-state index contributed by atoms with van der Waals surface area (Å²) >= 11 is 0. The molecule has 0 atom stereocenters. The van der Waals surface area contributed by atoms with E-state index in [0.29, 0.717) is 5.75 Å². The van der Waals surface area contributed by atoms with Crippen molar-refractivity contribution in [2.45, 2.75) is 25.7 Å². The summed E-state index contributed by atoms with van der Waals surface area (Å²) in [6.07, 6.45) is 4.73. The summed E-state index contributed by atoms with van der Waals surface area (Å²) < 4.78 is 0. The minimum Gasteiger partial charge on any atom is -0.508 e. The standard InChI is InChI=1S/C13H22N2O/c1-15(10-5-3-2-4-9-14)12-7-6-8-13(16)11-12/h6-8,11,16H,2-5,9-10,14H2,1H3. The maximum atomic E-state index is 9.36. The Morgan fingerprint density at radius 1 is 1.19 bits per heavy atom. The Morgan fingerprint density at radius 3 is 2.62 bits per heavy atom. The van der Waals surface area contributed by atoms with Gasteiger partial charge < -0.3 is 15.7 Å². The van der Waals surface area contributed by atoms with Crippen molar-refractivity contribution in [3.05, 3.63) is 24.3 Å². The van der Waals surface area contributed by atoms with Gasteiger partial charge in [-0.1, -0.05) is 18.9 Å². The molecule has 1 rings (SSSR count). The monoisotopic (exact) mass is 222 g/mol. The smallest absolute Gasteiger partial charge is 0.117 e. The maximum absolute atomic E-state index is 9.36. The van der Waals surface area contributed by atoms with E-state index in [1.807, 2.05) is 12.1 Å². The van der Waals surface area contributed by atoms with Crippen LogP contribution < -0.4 is 10.6 Å². The molecule has 0 saturated heterocycles. The molecule has 0 saturated carbocycles.